The van der Waals surface area contributed by atoms with Crippen molar-refractivity contribution in [1.29, 1.82) is 0 Å². The summed E-state index contributed by atoms with van der Waals surface area (Å²) in [7, 11) is 0. The van der Waals surface area contributed by atoms with Gasteiger partial charge in [-0.1, -0.05) is 115 Å². The number of carbonyl (C=O) groups is 2. The SMILES string of the molecule is CCCCCCN(CCCC)CCC(=O)OCc1cccc(-c2cccc(COC(=O)CCN(CCCC)CCCCCC)c2)c1. The molecule has 0 unspecified atom stereocenters. The van der Waals surface area contributed by atoms with Crippen LogP contribution in [0.3, 0.4) is 0 Å². The molecule has 2 aromatic carbocycles. The topological polar surface area (TPSA) is 59.1 Å². The molecular formula is C40H64N2O4. The molecule has 0 N–H and O–H groups in total. The molecular weight excluding hydrogens is 572 g/mol. The zero-order valence-electron chi connectivity index (χ0n) is 29.7. The van der Waals surface area contributed by atoms with Crippen LogP contribution in [-0.4, -0.2) is 61.0 Å². The van der Waals surface area contributed by atoms with Gasteiger partial charge in [-0.05, 0) is 86.2 Å². The number of unbranched alkanes of at least 4 members (excludes halogenated alkanes) is 8. The Balaban J connectivity index is 1.83. The summed E-state index contributed by atoms with van der Waals surface area (Å²) in [6.07, 6.45) is 15.4. The van der Waals surface area contributed by atoms with E-state index in [4.69, 9.17) is 9.47 Å². The largest absolute Gasteiger partial charge is 0.461 e. The molecule has 0 saturated heterocycles. The second-order valence-electron chi connectivity index (χ2n) is 12.7. The summed E-state index contributed by atoms with van der Waals surface area (Å²) in [5.41, 5.74) is 4.03. The highest BCUT2D eigenvalue weighted by atomic mass is 16.5. The van der Waals surface area contributed by atoms with Gasteiger partial charge in [0, 0.05) is 13.1 Å². The fraction of sp³-hybridized carbons (Fsp3) is 0.650. The van der Waals surface area contributed by atoms with Crippen LogP contribution in [0.15, 0.2) is 48.5 Å². The van der Waals surface area contributed by atoms with Crippen LogP contribution < -0.4 is 0 Å². The fourth-order valence-electron chi connectivity index (χ4n) is 5.61. The van der Waals surface area contributed by atoms with E-state index in [9.17, 15) is 9.59 Å². The Hall–Kier alpha value is -2.70. The van der Waals surface area contributed by atoms with Crippen LogP contribution >= 0.6 is 0 Å². The number of carbonyl (C=O) groups excluding carboxylic acids is 2. The van der Waals surface area contributed by atoms with Crippen LogP contribution in [0.1, 0.15) is 129 Å². The molecule has 258 valence electrons. The molecule has 0 aliphatic rings. The smallest absolute Gasteiger partial charge is 0.307 e. The molecule has 6 heteroatoms. The Morgan fingerprint density at radius 1 is 0.500 bits per heavy atom. The molecule has 46 heavy (non-hydrogen) atoms. The number of rotatable bonds is 27. The Morgan fingerprint density at radius 2 is 0.891 bits per heavy atom. The molecule has 0 radical (unpaired) electrons. The quantitative estimate of drug-likeness (QED) is 0.0719. The van der Waals surface area contributed by atoms with Crippen molar-refractivity contribution in [3.05, 3.63) is 59.7 Å². The first-order valence-corrected chi connectivity index (χ1v) is 18.4. The minimum Gasteiger partial charge on any atom is -0.461 e. The Kier molecular flexibility index (Phi) is 21.8. The molecule has 6 nitrogen and oxygen atoms in total. The minimum absolute atomic E-state index is 0.144. The zero-order valence-corrected chi connectivity index (χ0v) is 29.7. The van der Waals surface area contributed by atoms with E-state index < -0.39 is 0 Å². The third kappa shape index (κ3) is 17.9. The molecule has 2 rings (SSSR count). The van der Waals surface area contributed by atoms with Crippen molar-refractivity contribution in [1.82, 2.24) is 9.80 Å². The molecule has 2 aromatic rings. The van der Waals surface area contributed by atoms with Crippen molar-refractivity contribution in [2.45, 2.75) is 131 Å². The van der Waals surface area contributed by atoms with Crippen LogP contribution in [0, 0.1) is 0 Å². The van der Waals surface area contributed by atoms with Crippen molar-refractivity contribution >= 4 is 11.9 Å². The summed E-state index contributed by atoms with van der Waals surface area (Å²) in [5, 5.41) is 0. The summed E-state index contributed by atoms with van der Waals surface area (Å²) in [6, 6.07) is 16.3. The predicted octanol–water partition coefficient (Wildman–Crippen LogP) is 9.59. The molecule has 0 aliphatic carbocycles. The van der Waals surface area contributed by atoms with Gasteiger partial charge in [0.15, 0.2) is 0 Å². The third-order valence-corrected chi connectivity index (χ3v) is 8.56. The number of benzene rings is 2. The standard InChI is InChI=1S/C40H64N2O4/c1-5-9-13-15-27-41(25-11-7-3)29-23-39(43)45-33-35-19-17-21-37(31-35)38-22-18-20-36(32-38)34-46-40(44)24-30-42(26-12-8-4)28-16-14-10-6-2/h17-22,31-32H,5-16,23-30,33-34H2,1-4H3. The Labute approximate surface area is 281 Å². The first-order valence-electron chi connectivity index (χ1n) is 18.4. The van der Waals surface area contributed by atoms with E-state index >= 15 is 0 Å². The van der Waals surface area contributed by atoms with Gasteiger partial charge in [-0.3, -0.25) is 9.59 Å². The lowest BCUT2D eigenvalue weighted by Gasteiger charge is -2.21. The van der Waals surface area contributed by atoms with Crippen molar-refractivity contribution in [2.75, 3.05) is 39.3 Å². The van der Waals surface area contributed by atoms with Gasteiger partial charge in [-0.25, -0.2) is 0 Å². The Morgan fingerprint density at radius 3 is 1.28 bits per heavy atom. The molecule has 0 spiro atoms. The van der Waals surface area contributed by atoms with E-state index in [1.165, 1.54) is 51.4 Å². The monoisotopic (exact) mass is 636 g/mol. The molecule has 0 saturated carbocycles. The number of ether oxygens (including phenoxy) is 2. The normalized spacial score (nSPS) is 11.3. The third-order valence-electron chi connectivity index (χ3n) is 8.56. The van der Waals surface area contributed by atoms with Gasteiger partial charge < -0.3 is 19.3 Å². The zero-order chi connectivity index (χ0) is 33.2. The summed E-state index contributed by atoms with van der Waals surface area (Å²) in [5.74, 6) is -0.288. The minimum atomic E-state index is -0.144. The molecule has 0 bridgehead atoms. The first kappa shape index (κ1) is 39.5. The number of hydrogen-bond donors (Lipinski definition) is 0. The van der Waals surface area contributed by atoms with Crippen molar-refractivity contribution in [3.8, 4) is 11.1 Å². The molecule has 0 heterocycles. The van der Waals surface area contributed by atoms with Crippen molar-refractivity contribution in [3.63, 3.8) is 0 Å². The lowest BCUT2D eigenvalue weighted by molar-refractivity contribution is -0.146. The highest BCUT2D eigenvalue weighted by Gasteiger charge is 2.12. The average molecular weight is 637 g/mol. The number of nitrogens with zero attached hydrogens (tertiary/aromatic N) is 2. The van der Waals surface area contributed by atoms with Crippen molar-refractivity contribution < 1.29 is 19.1 Å². The van der Waals surface area contributed by atoms with Crippen LogP contribution in [0.2, 0.25) is 0 Å². The van der Waals surface area contributed by atoms with E-state index in [1.54, 1.807) is 0 Å². The second kappa shape index (κ2) is 25.4. The highest BCUT2D eigenvalue weighted by Crippen LogP contribution is 2.23. The van der Waals surface area contributed by atoms with E-state index in [0.29, 0.717) is 12.8 Å². The van der Waals surface area contributed by atoms with Crippen LogP contribution in [0.4, 0.5) is 0 Å². The molecule has 0 aliphatic heterocycles. The first-order chi connectivity index (χ1) is 22.5. The maximum absolute atomic E-state index is 12.6. The molecule has 0 fully saturated rings. The average Bonchev–Trinajstić information content (AvgIpc) is 3.08. The van der Waals surface area contributed by atoms with Gasteiger partial charge in [0.25, 0.3) is 0 Å². The van der Waals surface area contributed by atoms with Crippen LogP contribution in [-0.2, 0) is 32.3 Å². The Bertz CT molecular complexity index is 1000. The van der Waals surface area contributed by atoms with Gasteiger partial charge >= 0.3 is 11.9 Å². The van der Waals surface area contributed by atoms with Crippen molar-refractivity contribution in [2.24, 2.45) is 0 Å². The second-order valence-corrected chi connectivity index (χ2v) is 12.7. The van der Waals surface area contributed by atoms with Gasteiger partial charge in [0.2, 0.25) is 0 Å². The fourth-order valence-corrected chi connectivity index (χ4v) is 5.61. The van der Waals surface area contributed by atoms with Crippen LogP contribution in [0.5, 0.6) is 0 Å². The van der Waals surface area contributed by atoms with E-state index in [1.807, 2.05) is 24.3 Å². The van der Waals surface area contributed by atoms with Gasteiger partial charge in [0.05, 0.1) is 12.8 Å². The number of esters is 2. The van der Waals surface area contributed by atoms with Gasteiger partial charge in [-0.2, -0.15) is 0 Å². The van der Waals surface area contributed by atoms with E-state index in [2.05, 4.69) is 61.8 Å². The summed E-state index contributed by atoms with van der Waals surface area (Å²) in [4.78, 5) is 30.0. The molecule has 0 aromatic heterocycles. The molecule has 0 amide bonds. The van der Waals surface area contributed by atoms with Gasteiger partial charge in [-0.15, -0.1) is 0 Å². The lowest BCUT2D eigenvalue weighted by Crippen LogP contribution is -2.29. The number of hydrogen-bond acceptors (Lipinski definition) is 6. The van der Waals surface area contributed by atoms with Crippen LogP contribution in [0.25, 0.3) is 11.1 Å². The summed E-state index contributed by atoms with van der Waals surface area (Å²) in [6.45, 7) is 15.2. The highest BCUT2D eigenvalue weighted by molar-refractivity contribution is 5.70. The maximum atomic E-state index is 12.6. The maximum Gasteiger partial charge on any atom is 0.307 e. The van der Waals surface area contributed by atoms with E-state index in [-0.39, 0.29) is 25.2 Å². The summed E-state index contributed by atoms with van der Waals surface area (Å²) >= 11 is 0. The van der Waals surface area contributed by atoms with Gasteiger partial charge in [0.1, 0.15) is 13.2 Å². The predicted molar refractivity (Wildman–Crippen MR) is 192 cm³/mol. The van der Waals surface area contributed by atoms with E-state index in [0.717, 1.165) is 87.2 Å². The molecule has 0 atom stereocenters. The summed E-state index contributed by atoms with van der Waals surface area (Å²) < 4.78 is 11.3. The lowest BCUT2D eigenvalue weighted by atomic mass is 10.0.